The van der Waals surface area contributed by atoms with E-state index < -0.39 is 0 Å². The Kier molecular flexibility index (Phi) is 4.70. The van der Waals surface area contributed by atoms with E-state index in [-0.39, 0.29) is 29.4 Å². The zero-order valence-electron chi connectivity index (χ0n) is 15.9. The van der Waals surface area contributed by atoms with E-state index >= 15 is 0 Å². The van der Waals surface area contributed by atoms with Gasteiger partial charge in [-0.2, -0.15) is 0 Å². The second-order valence-corrected chi connectivity index (χ2v) is 7.41. The molecule has 1 fully saturated rings. The Bertz CT molecular complexity index is 947. The molecule has 2 aliphatic rings. The molecule has 1 aromatic heterocycles. The third-order valence-electron chi connectivity index (χ3n) is 5.87. The number of H-pyrrole nitrogens is 1. The van der Waals surface area contributed by atoms with E-state index in [1.54, 1.807) is 19.2 Å². The smallest absolute Gasteiger partial charge is 0.260 e. The predicted octanol–water partition coefficient (Wildman–Crippen LogP) is 1.25. The first-order valence-corrected chi connectivity index (χ1v) is 9.44. The molecule has 1 spiro atoms. The lowest BCUT2D eigenvalue weighted by Gasteiger charge is -2.39. The van der Waals surface area contributed by atoms with Gasteiger partial charge in [-0.15, -0.1) is 0 Å². The summed E-state index contributed by atoms with van der Waals surface area (Å²) in [5, 5.41) is 0. The standard InChI is InChI=1S/C20H24N4O4/c1-27-13-3-2-4-14(11-13)28-12-16(25)24-9-7-20(8-10-24)6-5-15-17(20)22-19(21)23-18(15)26/h2-4,11H,5-10,12H2,1H3,(H3,21,22,23,26). The zero-order valence-corrected chi connectivity index (χ0v) is 15.9. The lowest BCUT2D eigenvalue weighted by molar-refractivity contribution is -0.135. The van der Waals surface area contributed by atoms with Crippen molar-refractivity contribution >= 4 is 11.9 Å². The number of anilines is 1. The maximum absolute atomic E-state index is 12.6. The van der Waals surface area contributed by atoms with Crippen LogP contribution in [0.2, 0.25) is 0 Å². The average molecular weight is 384 g/mol. The summed E-state index contributed by atoms with van der Waals surface area (Å²) in [4.78, 5) is 33.5. The van der Waals surface area contributed by atoms with Gasteiger partial charge in [-0.1, -0.05) is 6.07 Å². The van der Waals surface area contributed by atoms with Crippen LogP contribution in [0.5, 0.6) is 11.5 Å². The highest BCUT2D eigenvalue weighted by molar-refractivity contribution is 5.78. The van der Waals surface area contributed by atoms with Crippen molar-refractivity contribution in [1.29, 1.82) is 0 Å². The van der Waals surface area contributed by atoms with Crippen LogP contribution in [-0.2, 0) is 16.6 Å². The largest absolute Gasteiger partial charge is 0.497 e. The monoisotopic (exact) mass is 384 g/mol. The van der Waals surface area contributed by atoms with Gasteiger partial charge in [0.25, 0.3) is 11.5 Å². The molecule has 1 aromatic carbocycles. The second-order valence-electron chi connectivity index (χ2n) is 7.41. The normalized spacial score (nSPS) is 17.4. The number of aromatic amines is 1. The summed E-state index contributed by atoms with van der Waals surface area (Å²) >= 11 is 0. The number of nitrogens with one attached hydrogen (secondary N) is 1. The number of hydrogen-bond donors (Lipinski definition) is 2. The van der Waals surface area contributed by atoms with Gasteiger partial charge in [-0.3, -0.25) is 14.6 Å². The van der Waals surface area contributed by atoms with Gasteiger partial charge < -0.3 is 20.1 Å². The van der Waals surface area contributed by atoms with Gasteiger partial charge in [0.15, 0.2) is 6.61 Å². The second kappa shape index (κ2) is 7.18. The van der Waals surface area contributed by atoms with Crippen molar-refractivity contribution in [2.24, 2.45) is 0 Å². The summed E-state index contributed by atoms with van der Waals surface area (Å²) in [5.41, 5.74) is 7.04. The number of methoxy groups -OCH3 is 1. The molecule has 0 atom stereocenters. The average Bonchev–Trinajstić information content (AvgIpc) is 3.05. The van der Waals surface area contributed by atoms with Crippen LogP contribution >= 0.6 is 0 Å². The fraction of sp³-hybridized carbons (Fsp3) is 0.450. The number of fused-ring (bicyclic) bond motifs is 2. The molecule has 1 saturated heterocycles. The number of piperidine rings is 1. The molecule has 0 bridgehead atoms. The van der Waals surface area contributed by atoms with Crippen molar-refractivity contribution in [1.82, 2.24) is 14.9 Å². The minimum absolute atomic E-state index is 0.0123. The zero-order chi connectivity index (χ0) is 19.7. The van der Waals surface area contributed by atoms with Gasteiger partial charge >= 0.3 is 0 Å². The van der Waals surface area contributed by atoms with Crippen LogP contribution in [0.15, 0.2) is 29.1 Å². The lowest BCUT2D eigenvalue weighted by Crippen LogP contribution is -2.46. The van der Waals surface area contributed by atoms with Crippen molar-refractivity contribution in [2.75, 3.05) is 32.5 Å². The molecule has 2 aromatic rings. The highest BCUT2D eigenvalue weighted by Crippen LogP contribution is 2.44. The highest BCUT2D eigenvalue weighted by atomic mass is 16.5. The molecule has 28 heavy (non-hydrogen) atoms. The number of nitrogens with two attached hydrogens (primary N) is 1. The Morgan fingerprint density at radius 3 is 2.79 bits per heavy atom. The van der Waals surface area contributed by atoms with Crippen molar-refractivity contribution < 1.29 is 14.3 Å². The van der Waals surface area contributed by atoms with Gasteiger partial charge in [-0.05, 0) is 37.8 Å². The number of nitrogens with zero attached hydrogens (tertiary/aromatic N) is 2. The highest BCUT2D eigenvalue weighted by Gasteiger charge is 2.44. The maximum atomic E-state index is 12.6. The number of carbonyl (C=O) groups excluding carboxylic acids is 1. The molecular formula is C20H24N4O4. The summed E-state index contributed by atoms with van der Waals surface area (Å²) in [7, 11) is 1.59. The van der Waals surface area contributed by atoms with Gasteiger partial charge in [0.1, 0.15) is 11.5 Å². The molecule has 148 valence electrons. The van der Waals surface area contributed by atoms with Crippen molar-refractivity contribution in [3.8, 4) is 11.5 Å². The fourth-order valence-corrected chi connectivity index (χ4v) is 4.27. The van der Waals surface area contributed by atoms with Crippen LogP contribution < -0.4 is 20.8 Å². The third kappa shape index (κ3) is 3.30. The number of amides is 1. The Balaban J connectivity index is 1.38. The quantitative estimate of drug-likeness (QED) is 0.821. The SMILES string of the molecule is COc1cccc(OCC(=O)N2CCC3(CCc4c3nc(N)[nH]c4=O)CC2)c1. The first-order valence-electron chi connectivity index (χ1n) is 9.44. The van der Waals surface area contributed by atoms with Crippen LogP contribution in [0.1, 0.15) is 30.5 Å². The number of nitrogen functional groups attached to an aromatic ring is 1. The number of rotatable bonds is 4. The fourth-order valence-electron chi connectivity index (χ4n) is 4.27. The maximum Gasteiger partial charge on any atom is 0.260 e. The van der Waals surface area contributed by atoms with Crippen molar-refractivity contribution in [3.63, 3.8) is 0 Å². The molecule has 1 amide bonds. The van der Waals surface area contributed by atoms with Gasteiger partial charge in [0.2, 0.25) is 5.95 Å². The molecule has 1 aliphatic heterocycles. The molecule has 0 unspecified atom stereocenters. The van der Waals surface area contributed by atoms with Gasteiger partial charge in [0, 0.05) is 30.1 Å². The predicted molar refractivity (Wildman–Crippen MR) is 104 cm³/mol. The van der Waals surface area contributed by atoms with E-state index in [0.717, 1.165) is 30.5 Å². The number of aromatic nitrogens is 2. The molecule has 4 rings (SSSR count). The van der Waals surface area contributed by atoms with Gasteiger partial charge in [-0.25, -0.2) is 4.98 Å². The summed E-state index contributed by atoms with van der Waals surface area (Å²) in [6.45, 7) is 1.23. The molecule has 0 saturated carbocycles. The summed E-state index contributed by atoms with van der Waals surface area (Å²) in [6, 6.07) is 7.19. The topological polar surface area (TPSA) is 111 Å². The minimum atomic E-state index is -0.151. The van der Waals surface area contributed by atoms with Crippen molar-refractivity contribution in [3.05, 3.63) is 45.9 Å². The van der Waals surface area contributed by atoms with E-state index in [4.69, 9.17) is 15.2 Å². The van der Waals surface area contributed by atoms with Crippen LogP contribution in [0, 0.1) is 0 Å². The summed E-state index contributed by atoms with van der Waals surface area (Å²) in [5.74, 6) is 1.40. The molecule has 0 radical (unpaired) electrons. The number of ether oxygens (including phenoxy) is 2. The van der Waals surface area contributed by atoms with Crippen LogP contribution in [0.3, 0.4) is 0 Å². The Labute approximate surface area is 162 Å². The molecule has 8 heteroatoms. The van der Waals surface area contributed by atoms with Crippen LogP contribution in [0.4, 0.5) is 5.95 Å². The summed E-state index contributed by atoms with van der Waals surface area (Å²) in [6.07, 6.45) is 3.15. The lowest BCUT2D eigenvalue weighted by atomic mass is 9.76. The Morgan fingerprint density at radius 2 is 2.04 bits per heavy atom. The van der Waals surface area contributed by atoms with Crippen LogP contribution in [-0.4, -0.2) is 47.6 Å². The number of benzene rings is 1. The number of likely N-dealkylation sites (tertiary alicyclic amines) is 1. The Hall–Kier alpha value is -3.03. The van der Waals surface area contributed by atoms with Crippen LogP contribution in [0.25, 0.3) is 0 Å². The Morgan fingerprint density at radius 1 is 1.29 bits per heavy atom. The van der Waals surface area contributed by atoms with E-state index in [9.17, 15) is 9.59 Å². The molecule has 8 nitrogen and oxygen atoms in total. The van der Waals surface area contributed by atoms with Crippen molar-refractivity contribution in [2.45, 2.75) is 31.1 Å². The third-order valence-corrected chi connectivity index (χ3v) is 5.87. The van der Waals surface area contributed by atoms with E-state index in [2.05, 4.69) is 9.97 Å². The minimum Gasteiger partial charge on any atom is -0.497 e. The number of hydrogen-bond acceptors (Lipinski definition) is 6. The molecular weight excluding hydrogens is 360 g/mol. The van der Waals surface area contributed by atoms with E-state index in [0.29, 0.717) is 31.0 Å². The number of carbonyl (C=O) groups is 1. The van der Waals surface area contributed by atoms with E-state index in [1.807, 2.05) is 17.0 Å². The first-order chi connectivity index (χ1) is 13.5. The van der Waals surface area contributed by atoms with Gasteiger partial charge in [0.05, 0.1) is 12.8 Å². The molecule has 3 N–H and O–H groups in total. The first kappa shape index (κ1) is 18.3. The molecule has 1 aliphatic carbocycles. The molecule has 2 heterocycles. The summed E-state index contributed by atoms with van der Waals surface area (Å²) < 4.78 is 10.8. The van der Waals surface area contributed by atoms with E-state index in [1.165, 1.54) is 0 Å².